The number of ether oxygens (including phenoxy) is 1. The normalized spacial score (nSPS) is 14.8. The number of fused-ring (bicyclic) bond motifs is 3. The van der Waals surface area contributed by atoms with Crippen molar-refractivity contribution in [3.05, 3.63) is 54.1 Å². The molecule has 1 aliphatic heterocycles. The Hall–Kier alpha value is -2.58. The molecular formula is C25H28N4O2S2. The molecule has 0 saturated carbocycles. The van der Waals surface area contributed by atoms with E-state index >= 15 is 0 Å². The van der Waals surface area contributed by atoms with Gasteiger partial charge in [0.2, 0.25) is 23.2 Å². The van der Waals surface area contributed by atoms with Gasteiger partial charge >= 0.3 is 0 Å². The zero-order valence-corrected chi connectivity index (χ0v) is 20.8. The van der Waals surface area contributed by atoms with E-state index in [1.165, 1.54) is 19.3 Å². The number of carbonyl (C=O) groups is 1. The van der Waals surface area contributed by atoms with E-state index in [1.54, 1.807) is 35.3 Å². The van der Waals surface area contributed by atoms with Crippen LogP contribution in [0, 0.1) is 0 Å². The van der Waals surface area contributed by atoms with Crippen LogP contribution >= 0.6 is 23.5 Å². The average molecular weight is 481 g/mol. The van der Waals surface area contributed by atoms with E-state index in [4.69, 9.17) is 9.72 Å². The van der Waals surface area contributed by atoms with Gasteiger partial charge in [0.1, 0.15) is 0 Å². The number of nitrogens with zero attached hydrogens (tertiary/aromatic N) is 4. The van der Waals surface area contributed by atoms with E-state index in [0.29, 0.717) is 16.7 Å². The van der Waals surface area contributed by atoms with Crippen molar-refractivity contribution in [1.82, 2.24) is 15.2 Å². The van der Waals surface area contributed by atoms with Gasteiger partial charge in [-0.25, -0.2) is 0 Å². The van der Waals surface area contributed by atoms with Crippen molar-refractivity contribution in [2.45, 2.75) is 55.8 Å². The van der Waals surface area contributed by atoms with Gasteiger partial charge in [0.05, 0.1) is 5.69 Å². The Morgan fingerprint density at radius 2 is 1.85 bits per heavy atom. The summed E-state index contributed by atoms with van der Waals surface area (Å²) in [4.78, 5) is 20.4. The maximum atomic E-state index is 12.8. The smallest absolute Gasteiger partial charge is 0.247 e. The van der Waals surface area contributed by atoms with Gasteiger partial charge in [-0.15, -0.1) is 22.0 Å². The minimum absolute atomic E-state index is 0.118. The fourth-order valence-corrected chi connectivity index (χ4v) is 4.98. The third kappa shape index (κ3) is 5.33. The number of aromatic nitrogens is 3. The van der Waals surface area contributed by atoms with Crippen LogP contribution in [0.15, 0.2) is 58.6 Å². The molecule has 1 amide bonds. The second-order valence-corrected chi connectivity index (χ2v) is 9.75. The first-order valence-corrected chi connectivity index (χ1v) is 13.4. The molecule has 2 heterocycles. The molecule has 3 aromatic rings. The second-order valence-electron chi connectivity index (χ2n) is 7.81. The first-order valence-electron chi connectivity index (χ1n) is 11.2. The van der Waals surface area contributed by atoms with Gasteiger partial charge in [-0.05, 0) is 30.9 Å². The maximum Gasteiger partial charge on any atom is 0.247 e. The van der Waals surface area contributed by atoms with E-state index in [9.17, 15) is 4.79 Å². The van der Waals surface area contributed by atoms with Gasteiger partial charge in [0.25, 0.3) is 0 Å². The molecule has 4 rings (SSSR count). The second kappa shape index (κ2) is 11.0. The summed E-state index contributed by atoms with van der Waals surface area (Å²) in [6.45, 7) is 3.76. The van der Waals surface area contributed by atoms with Gasteiger partial charge in [-0.1, -0.05) is 68.3 Å². The first kappa shape index (κ1) is 23.6. The third-order valence-electron chi connectivity index (χ3n) is 5.48. The molecule has 172 valence electrons. The molecule has 0 N–H and O–H groups in total. The van der Waals surface area contributed by atoms with Gasteiger partial charge in [-0.2, -0.15) is 4.98 Å². The SMILES string of the molecule is CCCCCCSc1nnc2c(n1)O[C@H](c1ccc(SC)cc1)N(C(C)=O)c1ccccc1-2. The molecule has 1 aliphatic rings. The van der Waals surface area contributed by atoms with Gasteiger partial charge in [0, 0.05) is 28.7 Å². The first-order chi connectivity index (χ1) is 16.1. The highest BCUT2D eigenvalue weighted by atomic mass is 32.2. The number of hydrogen-bond donors (Lipinski definition) is 0. The maximum absolute atomic E-state index is 12.8. The number of hydrogen-bond acceptors (Lipinski definition) is 7. The zero-order valence-electron chi connectivity index (χ0n) is 19.2. The van der Waals surface area contributed by atoms with Crippen molar-refractivity contribution in [2.75, 3.05) is 16.9 Å². The minimum Gasteiger partial charge on any atom is -0.447 e. The van der Waals surface area contributed by atoms with Crippen molar-refractivity contribution in [1.29, 1.82) is 0 Å². The van der Waals surface area contributed by atoms with E-state index in [2.05, 4.69) is 17.1 Å². The zero-order chi connectivity index (χ0) is 23.2. The molecule has 0 spiro atoms. The van der Waals surface area contributed by atoms with E-state index in [0.717, 1.165) is 33.9 Å². The summed E-state index contributed by atoms with van der Waals surface area (Å²) in [5.74, 6) is 1.22. The third-order valence-corrected chi connectivity index (χ3v) is 7.15. The predicted octanol–water partition coefficient (Wildman–Crippen LogP) is 6.38. The Morgan fingerprint density at radius 3 is 2.58 bits per heavy atom. The van der Waals surface area contributed by atoms with Crippen LogP contribution in [0.1, 0.15) is 51.3 Å². The summed E-state index contributed by atoms with van der Waals surface area (Å²) in [6.07, 6.45) is 6.15. The van der Waals surface area contributed by atoms with Gasteiger partial charge < -0.3 is 4.74 Å². The molecule has 33 heavy (non-hydrogen) atoms. The fourth-order valence-electron chi connectivity index (χ4n) is 3.79. The Kier molecular flexibility index (Phi) is 7.88. The number of unbranched alkanes of at least 4 members (excludes halogenated alkanes) is 3. The topological polar surface area (TPSA) is 68.2 Å². The monoisotopic (exact) mass is 480 g/mol. The van der Waals surface area contributed by atoms with Crippen molar-refractivity contribution in [2.24, 2.45) is 0 Å². The summed E-state index contributed by atoms with van der Waals surface area (Å²) in [7, 11) is 0. The number of anilines is 1. The molecule has 0 radical (unpaired) electrons. The largest absolute Gasteiger partial charge is 0.447 e. The number of thioether (sulfide) groups is 2. The highest BCUT2D eigenvalue weighted by Gasteiger charge is 2.34. The predicted molar refractivity (Wildman–Crippen MR) is 135 cm³/mol. The number of benzene rings is 2. The molecule has 1 atom stereocenters. The van der Waals surface area contributed by atoms with Crippen LogP contribution in [0.5, 0.6) is 5.88 Å². The van der Waals surface area contributed by atoms with Gasteiger partial charge in [-0.3, -0.25) is 9.69 Å². The Balaban J connectivity index is 1.73. The molecule has 0 unspecified atom stereocenters. The number of rotatable bonds is 8. The van der Waals surface area contributed by atoms with Crippen molar-refractivity contribution in [3.63, 3.8) is 0 Å². The molecule has 0 aliphatic carbocycles. The summed E-state index contributed by atoms with van der Waals surface area (Å²) < 4.78 is 6.43. The van der Waals surface area contributed by atoms with Crippen LogP contribution in [-0.2, 0) is 4.79 Å². The molecule has 1 aromatic heterocycles. The summed E-state index contributed by atoms with van der Waals surface area (Å²) in [5.41, 5.74) is 2.94. The summed E-state index contributed by atoms with van der Waals surface area (Å²) in [5, 5.41) is 9.43. The lowest BCUT2D eigenvalue weighted by Gasteiger charge is -2.30. The average Bonchev–Trinajstić information content (AvgIpc) is 2.98. The lowest BCUT2D eigenvalue weighted by Crippen LogP contribution is -2.36. The molecule has 6 nitrogen and oxygen atoms in total. The number of carbonyl (C=O) groups excluding carboxylic acids is 1. The van der Waals surface area contributed by atoms with Crippen LogP contribution in [0.2, 0.25) is 0 Å². The van der Waals surface area contributed by atoms with Crippen molar-refractivity contribution >= 4 is 35.1 Å². The molecule has 0 fully saturated rings. The number of para-hydroxylation sites is 1. The summed E-state index contributed by atoms with van der Waals surface area (Å²) in [6, 6.07) is 15.7. The fraction of sp³-hybridized carbons (Fsp3) is 0.360. The van der Waals surface area contributed by atoms with Crippen LogP contribution < -0.4 is 9.64 Å². The molecule has 0 saturated heterocycles. The Morgan fingerprint density at radius 1 is 1.06 bits per heavy atom. The highest BCUT2D eigenvalue weighted by Crippen LogP contribution is 2.43. The number of amides is 1. The van der Waals surface area contributed by atoms with Crippen LogP contribution in [0.4, 0.5) is 5.69 Å². The molecule has 0 bridgehead atoms. The lowest BCUT2D eigenvalue weighted by atomic mass is 10.1. The lowest BCUT2D eigenvalue weighted by molar-refractivity contribution is -0.118. The molecule has 2 aromatic carbocycles. The van der Waals surface area contributed by atoms with Crippen molar-refractivity contribution in [3.8, 4) is 17.1 Å². The van der Waals surface area contributed by atoms with E-state index in [1.807, 2.05) is 54.8 Å². The van der Waals surface area contributed by atoms with E-state index < -0.39 is 6.23 Å². The van der Waals surface area contributed by atoms with E-state index in [-0.39, 0.29) is 5.91 Å². The molecular weight excluding hydrogens is 452 g/mol. The Labute approximate surface area is 203 Å². The van der Waals surface area contributed by atoms with Gasteiger partial charge in [0.15, 0.2) is 5.69 Å². The van der Waals surface area contributed by atoms with Crippen molar-refractivity contribution < 1.29 is 9.53 Å². The molecule has 8 heteroatoms. The Bertz CT molecular complexity index is 1110. The summed E-state index contributed by atoms with van der Waals surface area (Å²) >= 11 is 3.26. The quantitative estimate of drug-likeness (QED) is 0.274. The van der Waals surface area contributed by atoms with Crippen LogP contribution in [0.3, 0.4) is 0 Å². The van der Waals surface area contributed by atoms with Crippen LogP contribution in [0.25, 0.3) is 11.3 Å². The highest BCUT2D eigenvalue weighted by molar-refractivity contribution is 7.99. The van der Waals surface area contributed by atoms with Crippen LogP contribution in [-0.4, -0.2) is 33.1 Å². The minimum atomic E-state index is -0.653. The standard InChI is InChI=1S/C25H28N4O2S2/c1-4-5-6-9-16-33-25-26-23-22(27-28-25)20-10-7-8-11-21(20)29(17(2)30)24(31-23)18-12-14-19(32-3)15-13-18/h7-8,10-15,24H,4-6,9,16H2,1-3H3/t24-/m1/s1.